The monoisotopic (exact) mass is 292 g/mol. The highest BCUT2D eigenvalue weighted by Crippen LogP contribution is 2.18. The van der Waals surface area contributed by atoms with Crippen LogP contribution >= 0.6 is 0 Å². The van der Waals surface area contributed by atoms with Crippen LogP contribution in [0.25, 0.3) is 0 Å². The first kappa shape index (κ1) is 15.7. The van der Waals surface area contributed by atoms with Crippen LogP contribution in [0.3, 0.4) is 0 Å². The SMILES string of the molecule is CCCC(N)C(=O)NCc1cccnc1N1CCOCC1. The predicted molar refractivity (Wildman–Crippen MR) is 82.0 cm³/mol. The van der Waals surface area contributed by atoms with E-state index in [9.17, 15) is 4.79 Å². The van der Waals surface area contributed by atoms with Gasteiger partial charge in [-0.15, -0.1) is 0 Å². The molecular formula is C15H24N4O2. The minimum absolute atomic E-state index is 0.103. The van der Waals surface area contributed by atoms with E-state index in [0.717, 1.165) is 30.9 Å². The fourth-order valence-electron chi connectivity index (χ4n) is 2.38. The zero-order valence-electron chi connectivity index (χ0n) is 12.5. The van der Waals surface area contributed by atoms with Crippen LogP contribution in [0.4, 0.5) is 5.82 Å². The van der Waals surface area contributed by atoms with Gasteiger partial charge < -0.3 is 20.7 Å². The lowest BCUT2D eigenvalue weighted by Gasteiger charge is -2.29. The van der Waals surface area contributed by atoms with Gasteiger partial charge in [-0.25, -0.2) is 4.98 Å². The molecule has 1 aliphatic rings. The average Bonchev–Trinajstić information content (AvgIpc) is 2.54. The molecule has 1 amide bonds. The third kappa shape index (κ3) is 4.41. The molecule has 1 unspecified atom stereocenters. The van der Waals surface area contributed by atoms with Crippen molar-refractivity contribution in [1.82, 2.24) is 10.3 Å². The average molecular weight is 292 g/mol. The van der Waals surface area contributed by atoms with E-state index in [1.807, 2.05) is 19.1 Å². The number of nitrogens with two attached hydrogens (primary N) is 1. The maximum absolute atomic E-state index is 11.9. The summed E-state index contributed by atoms with van der Waals surface area (Å²) in [6.45, 7) is 5.55. The van der Waals surface area contributed by atoms with Crippen molar-refractivity contribution < 1.29 is 9.53 Å². The molecule has 0 radical (unpaired) electrons. The summed E-state index contributed by atoms with van der Waals surface area (Å²) >= 11 is 0. The standard InChI is InChI=1S/C15H24N4O2/c1-2-4-13(16)15(20)18-11-12-5-3-6-17-14(12)19-7-9-21-10-8-19/h3,5-6,13H,2,4,7-11,16H2,1H3,(H,18,20). The van der Waals surface area contributed by atoms with Gasteiger partial charge in [-0.1, -0.05) is 19.4 Å². The summed E-state index contributed by atoms with van der Waals surface area (Å²) in [6.07, 6.45) is 3.38. The Balaban J connectivity index is 1.98. The van der Waals surface area contributed by atoms with E-state index in [-0.39, 0.29) is 5.91 Å². The van der Waals surface area contributed by atoms with Gasteiger partial charge in [-0.05, 0) is 12.5 Å². The molecule has 1 aliphatic heterocycles. The summed E-state index contributed by atoms with van der Waals surface area (Å²) in [4.78, 5) is 18.5. The van der Waals surface area contributed by atoms with Crippen LogP contribution in [0.5, 0.6) is 0 Å². The molecule has 0 spiro atoms. The van der Waals surface area contributed by atoms with Crippen LogP contribution in [0.1, 0.15) is 25.3 Å². The first-order valence-electron chi connectivity index (χ1n) is 7.52. The molecule has 0 saturated carbocycles. The Kier molecular flexibility index (Phi) is 5.95. The molecule has 1 aromatic rings. The zero-order valence-corrected chi connectivity index (χ0v) is 12.5. The Labute approximate surface area is 125 Å². The van der Waals surface area contributed by atoms with E-state index in [0.29, 0.717) is 26.2 Å². The molecular weight excluding hydrogens is 268 g/mol. The van der Waals surface area contributed by atoms with Crippen molar-refractivity contribution in [2.45, 2.75) is 32.4 Å². The van der Waals surface area contributed by atoms with Crippen LogP contribution in [0, 0.1) is 0 Å². The highest BCUT2D eigenvalue weighted by atomic mass is 16.5. The number of anilines is 1. The molecule has 1 aromatic heterocycles. The number of carbonyl (C=O) groups is 1. The van der Waals surface area contributed by atoms with E-state index in [1.54, 1.807) is 6.20 Å². The van der Waals surface area contributed by atoms with Gasteiger partial charge in [-0.3, -0.25) is 4.79 Å². The minimum atomic E-state index is -0.432. The number of hydrogen-bond donors (Lipinski definition) is 2. The van der Waals surface area contributed by atoms with Crippen LogP contribution in [-0.2, 0) is 16.1 Å². The van der Waals surface area contributed by atoms with Crippen LogP contribution in [-0.4, -0.2) is 43.2 Å². The third-order valence-electron chi connectivity index (χ3n) is 3.57. The third-order valence-corrected chi connectivity index (χ3v) is 3.57. The summed E-state index contributed by atoms with van der Waals surface area (Å²) in [7, 11) is 0. The molecule has 2 rings (SSSR count). The summed E-state index contributed by atoms with van der Waals surface area (Å²) in [5.74, 6) is 0.818. The summed E-state index contributed by atoms with van der Waals surface area (Å²) in [5, 5.41) is 2.90. The zero-order chi connectivity index (χ0) is 15.1. The molecule has 1 fully saturated rings. The smallest absolute Gasteiger partial charge is 0.237 e. The van der Waals surface area contributed by atoms with Crippen molar-refractivity contribution in [3.63, 3.8) is 0 Å². The van der Waals surface area contributed by atoms with Crippen LogP contribution in [0.2, 0.25) is 0 Å². The molecule has 0 aromatic carbocycles. The van der Waals surface area contributed by atoms with Gasteiger partial charge in [0.05, 0.1) is 19.3 Å². The van der Waals surface area contributed by atoms with E-state index < -0.39 is 6.04 Å². The van der Waals surface area contributed by atoms with Crippen molar-refractivity contribution >= 4 is 11.7 Å². The summed E-state index contributed by atoms with van der Waals surface area (Å²) < 4.78 is 5.36. The van der Waals surface area contributed by atoms with E-state index in [2.05, 4.69) is 15.2 Å². The molecule has 116 valence electrons. The van der Waals surface area contributed by atoms with Gasteiger partial charge in [-0.2, -0.15) is 0 Å². The first-order chi connectivity index (χ1) is 10.2. The van der Waals surface area contributed by atoms with Crippen molar-refractivity contribution in [2.24, 2.45) is 5.73 Å². The van der Waals surface area contributed by atoms with E-state index >= 15 is 0 Å². The summed E-state index contributed by atoms with van der Waals surface area (Å²) in [6, 6.07) is 3.44. The minimum Gasteiger partial charge on any atom is -0.378 e. The Bertz CT molecular complexity index is 461. The van der Waals surface area contributed by atoms with Crippen molar-refractivity contribution in [3.05, 3.63) is 23.9 Å². The fraction of sp³-hybridized carbons (Fsp3) is 0.600. The van der Waals surface area contributed by atoms with Gasteiger partial charge in [0, 0.05) is 31.4 Å². The van der Waals surface area contributed by atoms with Gasteiger partial charge in [0.2, 0.25) is 5.91 Å². The topological polar surface area (TPSA) is 80.5 Å². The number of pyridine rings is 1. The maximum atomic E-state index is 11.9. The van der Waals surface area contributed by atoms with Crippen molar-refractivity contribution in [2.75, 3.05) is 31.2 Å². The molecule has 0 aliphatic carbocycles. The van der Waals surface area contributed by atoms with Crippen molar-refractivity contribution in [3.8, 4) is 0 Å². The Morgan fingerprint density at radius 3 is 3.00 bits per heavy atom. The van der Waals surface area contributed by atoms with Gasteiger partial charge in [0.1, 0.15) is 5.82 Å². The van der Waals surface area contributed by atoms with Gasteiger partial charge >= 0.3 is 0 Å². The van der Waals surface area contributed by atoms with E-state index in [1.165, 1.54) is 0 Å². The number of nitrogens with zero attached hydrogens (tertiary/aromatic N) is 2. The molecule has 21 heavy (non-hydrogen) atoms. The molecule has 3 N–H and O–H groups in total. The number of aromatic nitrogens is 1. The van der Waals surface area contributed by atoms with Gasteiger partial charge in [0.15, 0.2) is 0 Å². The van der Waals surface area contributed by atoms with Crippen molar-refractivity contribution in [1.29, 1.82) is 0 Å². The second-order valence-corrected chi connectivity index (χ2v) is 5.20. The molecule has 2 heterocycles. The molecule has 1 atom stereocenters. The number of nitrogens with one attached hydrogen (secondary N) is 1. The number of ether oxygens (including phenoxy) is 1. The van der Waals surface area contributed by atoms with Crippen LogP contribution in [0.15, 0.2) is 18.3 Å². The largest absolute Gasteiger partial charge is 0.378 e. The number of hydrogen-bond acceptors (Lipinski definition) is 5. The van der Waals surface area contributed by atoms with E-state index in [4.69, 9.17) is 10.5 Å². The highest BCUT2D eigenvalue weighted by Gasteiger charge is 2.17. The van der Waals surface area contributed by atoms with Crippen LogP contribution < -0.4 is 16.0 Å². The number of carbonyl (C=O) groups excluding carboxylic acids is 1. The summed E-state index contributed by atoms with van der Waals surface area (Å²) in [5.41, 5.74) is 6.83. The lowest BCUT2D eigenvalue weighted by Crippen LogP contribution is -2.41. The number of amides is 1. The molecule has 0 bridgehead atoms. The van der Waals surface area contributed by atoms with Gasteiger partial charge in [0.25, 0.3) is 0 Å². The molecule has 6 nitrogen and oxygen atoms in total. The maximum Gasteiger partial charge on any atom is 0.237 e. The lowest BCUT2D eigenvalue weighted by molar-refractivity contribution is -0.122. The second-order valence-electron chi connectivity index (χ2n) is 5.20. The number of morpholine rings is 1. The lowest BCUT2D eigenvalue weighted by atomic mass is 10.1. The molecule has 1 saturated heterocycles. The Morgan fingerprint density at radius 1 is 1.52 bits per heavy atom. The number of rotatable bonds is 6. The fourth-order valence-corrected chi connectivity index (χ4v) is 2.38. The Morgan fingerprint density at radius 2 is 2.29 bits per heavy atom. The molecule has 6 heteroatoms. The quantitative estimate of drug-likeness (QED) is 0.805. The predicted octanol–water partition coefficient (Wildman–Crippen LogP) is 0.662. The normalized spacial score (nSPS) is 16.6. The second kappa shape index (κ2) is 7.95. The highest BCUT2D eigenvalue weighted by molar-refractivity contribution is 5.81. The first-order valence-corrected chi connectivity index (χ1v) is 7.52. The Hall–Kier alpha value is -1.66.